The van der Waals surface area contributed by atoms with Crippen LogP contribution in [-0.4, -0.2) is 31.0 Å². The molecule has 2 N–H and O–H groups in total. The molecule has 120 valence electrons. The summed E-state index contributed by atoms with van der Waals surface area (Å²) in [5.74, 6) is -0.528. The van der Waals surface area contributed by atoms with Crippen molar-refractivity contribution in [2.24, 2.45) is 0 Å². The van der Waals surface area contributed by atoms with Gasteiger partial charge in [-0.3, -0.25) is 0 Å². The SMILES string of the molecule is CC(CO)NC(C)c1ccc(OC(F)F)cc1OC(F)F. The molecule has 2 unspecified atom stereocenters. The Balaban J connectivity index is 3.00. The van der Waals surface area contributed by atoms with E-state index in [9.17, 15) is 17.6 Å². The van der Waals surface area contributed by atoms with Gasteiger partial charge in [-0.05, 0) is 19.9 Å². The molecule has 1 aromatic carbocycles. The molecule has 0 aliphatic rings. The molecule has 21 heavy (non-hydrogen) atoms. The summed E-state index contributed by atoms with van der Waals surface area (Å²) in [6, 6.07) is 2.88. The number of aliphatic hydroxyl groups excluding tert-OH is 1. The smallest absolute Gasteiger partial charge is 0.387 e. The van der Waals surface area contributed by atoms with Crippen LogP contribution in [0.15, 0.2) is 18.2 Å². The highest BCUT2D eigenvalue weighted by molar-refractivity contribution is 5.42. The van der Waals surface area contributed by atoms with Gasteiger partial charge in [0.15, 0.2) is 0 Å². The molecular formula is C13H17F4NO3. The van der Waals surface area contributed by atoms with Crippen LogP contribution in [0.25, 0.3) is 0 Å². The van der Waals surface area contributed by atoms with Crippen molar-refractivity contribution >= 4 is 0 Å². The third-order valence-corrected chi connectivity index (χ3v) is 2.70. The second-order valence-electron chi connectivity index (χ2n) is 4.43. The van der Waals surface area contributed by atoms with Gasteiger partial charge in [0.1, 0.15) is 11.5 Å². The zero-order valence-corrected chi connectivity index (χ0v) is 11.5. The normalized spacial score (nSPS) is 14.3. The van der Waals surface area contributed by atoms with Crippen molar-refractivity contribution in [3.63, 3.8) is 0 Å². The molecule has 0 heterocycles. The minimum absolute atomic E-state index is 0.137. The predicted molar refractivity (Wildman–Crippen MR) is 67.8 cm³/mol. The van der Waals surface area contributed by atoms with Crippen LogP contribution >= 0.6 is 0 Å². The van der Waals surface area contributed by atoms with E-state index in [4.69, 9.17) is 5.11 Å². The Labute approximate surface area is 119 Å². The van der Waals surface area contributed by atoms with Gasteiger partial charge in [-0.1, -0.05) is 6.07 Å². The van der Waals surface area contributed by atoms with E-state index in [1.165, 1.54) is 12.1 Å². The minimum atomic E-state index is -3.09. The number of alkyl halides is 4. The van der Waals surface area contributed by atoms with E-state index in [1.807, 2.05) is 0 Å². The molecule has 0 bridgehead atoms. The minimum Gasteiger partial charge on any atom is -0.435 e. The van der Waals surface area contributed by atoms with Crippen LogP contribution in [0.1, 0.15) is 25.5 Å². The van der Waals surface area contributed by atoms with Gasteiger partial charge in [0, 0.05) is 23.7 Å². The summed E-state index contributed by atoms with van der Waals surface area (Å²) in [5.41, 5.74) is 0.345. The zero-order valence-electron chi connectivity index (χ0n) is 11.5. The fourth-order valence-electron chi connectivity index (χ4n) is 1.82. The standard InChI is InChI=1S/C13H17F4NO3/c1-7(6-19)18-8(2)10-4-3-9(20-12(14)15)5-11(10)21-13(16)17/h3-5,7-8,12-13,18-19H,6H2,1-2H3. The molecule has 0 fully saturated rings. The van der Waals surface area contributed by atoms with Gasteiger partial charge in [-0.15, -0.1) is 0 Å². The van der Waals surface area contributed by atoms with Crippen LogP contribution in [-0.2, 0) is 0 Å². The summed E-state index contributed by atoms with van der Waals surface area (Å²) >= 11 is 0. The molecule has 1 rings (SSSR count). The maximum Gasteiger partial charge on any atom is 0.387 e. The molecule has 0 spiro atoms. The topological polar surface area (TPSA) is 50.7 Å². The second-order valence-corrected chi connectivity index (χ2v) is 4.43. The van der Waals surface area contributed by atoms with Gasteiger partial charge in [0.05, 0.1) is 6.61 Å². The molecule has 0 saturated carbocycles. The van der Waals surface area contributed by atoms with Gasteiger partial charge in [-0.2, -0.15) is 17.6 Å². The first kappa shape index (κ1) is 17.5. The third-order valence-electron chi connectivity index (χ3n) is 2.70. The Morgan fingerprint density at radius 3 is 2.24 bits per heavy atom. The van der Waals surface area contributed by atoms with Crippen LogP contribution < -0.4 is 14.8 Å². The summed E-state index contributed by atoms with van der Waals surface area (Å²) in [6.45, 7) is -2.90. The fourth-order valence-corrected chi connectivity index (χ4v) is 1.82. The first-order valence-corrected chi connectivity index (χ1v) is 6.24. The van der Waals surface area contributed by atoms with E-state index >= 15 is 0 Å². The summed E-state index contributed by atoms with van der Waals surface area (Å²) in [7, 11) is 0. The van der Waals surface area contributed by atoms with Gasteiger partial charge in [0.25, 0.3) is 0 Å². The van der Waals surface area contributed by atoms with E-state index in [-0.39, 0.29) is 24.1 Å². The monoisotopic (exact) mass is 311 g/mol. The quantitative estimate of drug-likeness (QED) is 0.725. The van der Waals surface area contributed by atoms with Crippen molar-refractivity contribution in [3.8, 4) is 11.5 Å². The summed E-state index contributed by atoms with van der Waals surface area (Å²) < 4.78 is 57.6. The van der Waals surface area contributed by atoms with Gasteiger partial charge < -0.3 is 19.9 Å². The van der Waals surface area contributed by atoms with Crippen molar-refractivity contribution in [1.82, 2.24) is 5.32 Å². The first-order chi connectivity index (χ1) is 9.83. The van der Waals surface area contributed by atoms with Crippen LogP contribution in [0.3, 0.4) is 0 Å². The van der Waals surface area contributed by atoms with E-state index in [1.54, 1.807) is 13.8 Å². The van der Waals surface area contributed by atoms with E-state index in [0.29, 0.717) is 5.56 Å². The van der Waals surface area contributed by atoms with Crippen molar-refractivity contribution in [1.29, 1.82) is 0 Å². The lowest BCUT2D eigenvalue weighted by Gasteiger charge is -2.21. The molecular weight excluding hydrogens is 294 g/mol. The number of nitrogens with one attached hydrogen (secondary N) is 1. The summed E-state index contributed by atoms with van der Waals surface area (Å²) in [5, 5.41) is 11.9. The lowest BCUT2D eigenvalue weighted by molar-refractivity contribution is -0.0548. The summed E-state index contributed by atoms with van der Waals surface area (Å²) in [6.07, 6.45) is 0. The largest absolute Gasteiger partial charge is 0.435 e. The van der Waals surface area contributed by atoms with Crippen LogP contribution in [0.5, 0.6) is 11.5 Å². The predicted octanol–water partition coefficient (Wildman–Crippen LogP) is 2.92. The Kier molecular flexibility index (Phi) is 6.70. The van der Waals surface area contributed by atoms with Crippen molar-refractivity contribution in [2.45, 2.75) is 39.2 Å². The highest BCUT2D eigenvalue weighted by Gasteiger charge is 2.18. The Morgan fingerprint density at radius 1 is 1.10 bits per heavy atom. The number of hydrogen-bond acceptors (Lipinski definition) is 4. The van der Waals surface area contributed by atoms with Crippen molar-refractivity contribution in [3.05, 3.63) is 23.8 Å². The number of aliphatic hydroxyl groups is 1. The highest BCUT2D eigenvalue weighted by Crippen LogP contribution is 2.31. The molecule has 0 aromatic heterocycles. The average Bonchev–Trinajstić information content (AvgIpc) is 2.37. The molecule has 2 atom stereocenters. The lowest BCUT2D eigenvalue weighted by atomic mass is 10.1. The fraction of sp³-hybridized carbons (Fsp3) is 0.538. The molecule has 0 amide bonds. The lowest BCUT2D eigenvalue weighted by Crippen LogP contribution is -2.32. The number of halogens is 4. The highest BCUT2D eigenvalue weighted by atomic mass is 19.3. The van der Waals surface area contributed by atoms with Gasteiger partial charge in [0.2, 0.25) is 0 Å². The number of rotatable bonds is 8. The third kappa shape index (κ3) is 5.76. The number of ether oxygens (including phenoxy) is 2. The van der Waals surface area contributed by atoms with Gasteiger partial charge in [-0.25, -0.2) is 0 Å². The van der Waals surface area contributed by atoms with Crippen molar-refractivity contribution < 1.29 is 32.1 Å². The Morgan fingerprint density at radius 2 is 1.71 bits per heavy atom. The molecule has 0 radical (unpaired) electrons. The zero-order chi connectivity index (χ0) is 16.0. The van der Waals surface area contributed by atoms with Crippen LogP contribution in [0.2, 0.25) is 0 Å². The molecule has 0 saturated heterocycles. The first-order valence-electron chi connectivity index (χ1n) is 6.24. The maximum atomic E-state index is 12.4. The number of benzene rings is 1. The Hall–Kier alpha value is -1.54. The van der Waals surface area contributed by atoms with E-state index in [2.05, 4.69) is 14.8 Å². The molecule has 0 aliphatic carbocycles. The Bertz CT molecular complexity index is 445. The summed E-state index contributed by atoms with van der Waals surface area (Å²) in [4.78, 5) is 0. The van der Waals surface area contributed by atoms with E-state index in [0.717, 1.165) is 6.07 Å². The maximum absolute atomic E-state index is 12.4. The number of hydrogen-bond donors (Lipinski definition) is 2. The molecule has 0 aliphatic heterocycles. The van der Waals surface area contributed by atoms with E-state index < -0.39 is 19.3 Å². The average molecular weight is 311 g/mol. The molecule has 8 heteroatoms. The molecule has 4 nitrogen and oxygen atoms in total. The second kappa shape index (κ2) is 8.04. The van der Waals surface area contributed by atoms with Crippen LogP contribution in [0, 0.1) is 0 Å². The molecule has 1 aromatic rings. The van der Waals surface area contributed by atoms with Crippen LogP contribution in [0.4, 0.5) is 17.6 Å². The van der Waals surface area contributed by atoms with Gasteiger partial charge >= 0.3 is 13.2 Å². The van der Waals surface area contributed by atoms with Crippen molar-refractivity contribution in [2.75, 3.05) is 6.61 Å².